The van der Waals surface area contributed by atoms with Gasteiger partial charge in [0.1, 0.15) is 5.65 Å². The van der Waals surface area contributed by atoms with E-state index in [0.29, 0.717) is 17.8 Å². The Morgan fingerprint density at radius 1 is 1.33 bits per heavy atom. The topological polar surface area (TPSA) is 73.7 Å². The van der Waals surface area contributed by atoms with Crippen molar-refractivity contribution in [1.29, 1.82) is 0 Å². The highest BCUT2D eigenvalue weighted by atomic mass is 16.4. The van der Waals surface area contributed by atoms with E-state index in [0.717, 1.165) is 61.2 Å². The quantitative estimate of drug-likeness (QED) is 0.754. The summed E-state index contributed by atoms with van der Waals surface area (Å²) < 4.78 is 6.11. The van der Waals surface area contributed by atoms with Crippen molar-refractivity contribution in [3.8, 4) is 0 Å². The number of nitrogens with zero attached hydrogens (tertiary/aromatic N) is 3. The van der Waals surface area contributed by atoms with Gasteiger partial charge in [0, 0.05) is 47.9 Å². The van der Waals surface area contributed by atoms with E-state index in [1.165, 1.54) is 17.7 Å². The van der Waals surface area contributed by atoms with Gasteiger partial charge in [-0.1, -0.05) is 0 Å². The average molecular weight is 362 g/mol. The summed E-state index contributed by atoms with van der Waals surface area (Å²) in [6.07, 6.45) is 9.30. The van der Waals surface area contributed by atoms with Crippen molar-refractivity contribution in [2.24, 2.45) is 28.8 Å². The number of nitrogens with one attached hydrogen (secondary N) is 1. The van der Waals surface area contributed by atoms with Crippen LogP contribution in [0, 0.1) is 23.7 Å². The predicted molar refractivity (Wildman–Crippen MR) is 103 cm³/mol. The van der Waals surface area contributed by atoms with Crippen LogP contribution in [-0.2, 0) is 4.65 Å². The number of H-pyrrole nitrogens is 1. The van der Waals surface area contributed by atoms with Crippen LogP contribution in [0.25, 0.3) is 11.0 Å². The number of pyridine rings is 1. The fourth-order valence-electron chi connectivity index (χ4n) is 7.09. The van der Waals surface area contributed by atoms with E-state index < -0.39 is 5.60 Å². The molecule has 7 heteroatoms. The van der Waals surface area contributed by atoms with Crippen molar-refractivity contribution in [2.75, 3.05) is 13.2 Å². The Bertz CT molecular complexity index is 990. The molecule has 6 nitrogen and oxygen atoms in total. The summed E-state index contributed by atoms with van der Waals surface area (Å²) in [5.41, 5.74) is 4.01. The molecule has 6 aliphatic rings. The largest absolute Gasteiger partial charge is 0.471 e. The Kier molecular flexibility index (Phi) is 2.77. The molecular weight excluding hydrogens is 339 g/mol. The summed E-state index contributed by atoms with van der Waals surface area (Å²) in [5.74, 6) is 1.99. The Morgan fingerprint density at radius 2 is 2.30 bits per heavy atom. The lowest BCUT2D eigenvalue weighted by Gasteiger charge is -2.40. The molecule has 2 N–H and O–H groups in total. The Hall–Kier alpha value is -1.86. The molecule has 0 radical (unpaired) electrons. The van der Waals surface area contributed by atoms with Gasteiger partial charge in [-0.25, -0.2) is 4.98 Å². The zero-order valence-corrected chi connectivity index (χ0v) is 15.3. The van der Waals surface area contributed by atoms with Gasteiger partial charge in [0.2, 0.25) is 0 Å². The maximum absolute atomic E-state index is 11.3. The number of hydrogen-bond acceptors (Lipinski definition) is 5. The lowest BCUT2D eigenvalue weighted by atomic mass is 9.64. The van der Waals surface area contributed by atoms with Crippen LogP contribution in [0.3, 0.4) is 0 Å². The molecule has 0 aromatic carbocycles. The van der Waals surface area contributed by atoms with Gasteiger partial charge in [0.25, 0.3) is 0 Å². The third kappa shape index (κ3) is 1.84. The molecule has 27 heavy (non-hydrogen) atoms. The van der Waals surface area contributed by atoms with Crippen LogP contribution >= 0.6 is 0 Å². The standard InChI is InChI=1S/C20H23BN4O2/c26-20-8-11-6-12(9-20)16(14(20)7-11)18-17-13-2-3-22-19(13)23-10-15(17)21-25(24-18)4-1-5-27-21/h2-3,10-12,14,16,26H,1,4-9H2,(H,22,23). The highest BCUT2D eigenvalue weighted by Crippen LogP contribution is 2.64. The first kappa shape index (κ1) is 15.1. The number of rotatable bonds is 1. The first-order chi connectivity index (χ1) is 13.2. The van der Waals surface area contributed by atoms with Crippen LogP contribution in [0.4, 0.5) is 0 Å². The molecule has 138 valence electrons. The lowest BCUT2D eigenvalue weighted by Crippen LogP contribution is -2.57. The lowest BCUT2D eigenvalue weighted by molar-refractivity contribution is 0.00917. The number of hydrazone groups is 1. The summed E-state index contributed by atoms with van der Waals surface area (Å²) in [6, 6.07) is 2.12. The molecule has 8 rings (SSSR count). The summed E-state index contributed by atoms with van der Waals surface area (Å²) in [5, 5.41) is 17.6. The van der Waals surface area contributed by atoms with Gasteiger partial charge in [-0.05, 0) is 55.9 Å². The van der Waals surface area contributed by atoms with Gasteiger partial charge in [-0.3, -0.25) is 0 Å². The summed E-state index contributed by atoms with van der Waals surface area (Å²) >= 11 is 0. The zero-order valence-electron chi connectivity index (χ0n) is 15.3. The number of fused-ring (bicyclic) bond motifs is 5. The second-order valence-corrected chi connectivity index (χ2v) is 9.30. The predicted octanol–water partition coefficient (Wildman–Crippen LogP) is 1.50. The minimum absolute atomic E-state index is 0.123. The zero-order chi connectivity index (χ0) is 17.8. The number of aliphatic hydroxyl groups is 1. The summed E-state index contributed by atoms with van der Waals surface area (Å²) in [6.45, 7) is 1.69. The van der Waals surface area contributed by atoms with Gasteiger partial charge < -0.3 is 19.7 Å². The molecule has 5 atom stereocenters. The Labute approximate surface area is 158 Å². The van der Waals surface area contributed by atoms with E-state index in [9.17, 15) is 5.11 Å². The molecule has 5 unspecified atom stereocenters. The van der Waals surface area contributed by atoms with Crippen molar-refractivity contribution >= 4 is 29.3 Å². The second-order valence-electron chi connectivity index (χ2n) is 9.30. The van der Waals surface area contributed by atoms with Crippen LogP contribution in [0.1, 0.15) is 37.7 Å². The minimum atomic E-state index is -0.458. The number of aromatic nitrogens is 2. The fraction of sp³-hybridized carbons (Fsp3) is 0.600. The average Bonchev–Trinajstić information content (AvgIpc) is 3.29. The van der Waals surface area contributed by atoms with Gasteiger partial charge in [-0.2, -0.15) is 5.10 Å². The number of aromatic amines is 1. The summed E-state index contributed by atoms with van der Waals surface area (Å²) in [7, 11) is -0.123. The van der Waals surface area contributed by atoms with Crippen molar-refractivity contribution < 1.29 is 9.76 Å². The van der Waals surface area contributed by atoms with Crippen molar-refractivity contribution in [3.05, 3.63) is 24.0 Å². The van der Waals surface area contributed by atoms with Gasteiger partial charge in [0.05, 0.1) is 11.3 Å². The molecule has 1 saturated heterocycles. The number of hydrogen-bond donors (Lipinski definition) is 2. The highest BCUT2D eigenvalue weighted by molar-refractivity contribution is 6.67. The van der Waals surface area contributed by atoms with E-state index in [1.807, 2.05) is 12.4 Å². The molecule has 2 aromatic rings. The molecule has 0 spiro atoms. The third-order valence-electron chi connectivity index (χ3n) is 7.88. The second kappa shape index (κ2) is 4.94. The maximum Gasteiger partial charge on any atom is 0.471 e. The first-order valence-corrected chi connectivity index (χ1v) is 10.4. The summed E-state index contributed by atoms with van der Waals surface area (Å²) in [4.78, 5) is 10.0. The van der Waals surface area contributed by atoms with E-state index >= 15 is 0 Å². The van der Waals surface area contributed by atoms with Crippen molar-refractivity contribution in [3.63, 3.8) is 0 Å². The van der Waals surface area contributed by atoms with Crippen LogP contribution in [0.5, 0.6) is 0 Å². The molecule has 4 saturated carbocycles. The van der Waals surface area contributed by atoms with Crippen LogP contribution < -0.4 is 5.46 Å². The first-order valence-electron chi connectivity index (χ1n) is 10.4. The molecule has 4 heterocycles. The van der Waals surface area contributed by atoms with E-state index in [-0.39, 0.29) is 7.05 Å². The smallest absolute Gasteiger partial charge is 0.412 e. The van der Waals surface area contributed by atoms with Gasteiger partial charge in [-0.15, -0.1) is 0 Å². The van der Waals surface area contributed by atoms with Gasteiger partial charge >= 0.3 is 7.05 Å². The molecule has 0 amide bonds. The van der Waals surface area contributed by atoms with Crippen LogP contribution in [0.15, 0.2) is 23.6 Å². The van der Waals surface area contributed by atoms with E-state index in [1.54, 1.807) is 0 Å². The van der Waals surface area contributed by atoms with Crippen molar-refractivity contribution in [2.45, 2.75) is 37.7 Å². The minimum Gasteiger partial charge on any atom is -0.412 e. The normalized spacial score (nSPS) is 39.1. The molecular formula is C20H23BN4O2. The maximum atomic E-state index is 11.3. The van der Waals surface area contributed by atoms with Crippen molar-refractivity contribution in [1.82, 2.24) is 14.9 Å². The third-order valence-corrected chi connectivity index (χ3v) is 7.88. The molecule has 2 aliphatic heterocycles. The van der Waals surface area contributed by atoms with E-state index in [2.05, 4.69) is 21.0 Å². The molecule has 4 bridgehead atoms. The molecule has 4 aliphatic carbocycles. The Balaban J connectivity index is 1.45. The van der Waals surface area contributed by atoms with Gasteiger partial charge in [0.15, 0.2) is 0 Å². The van der Waals surface area contributed by atoms with Crippen LogP contribution in [-0.4, -0.2) is 51.5 Å². The fourth-order valence-corrected chi connectivity index (χ4v) is 7.09. The highest BCUT2D eigenvalue weighted by Gasteiger charge is 2.63. The monoisotopic (exact) mass is 362 g/mol. The van der Waals surface area contributed by atoms with E-state index in [4.69, 9.17) is 9.76 Å². The molecule has 2 aromatic heterocycles. The molecule has 5 fully saturated rings. The SMILES string of the molecule is OC12CC3CC(C1)C(C1=NN4CCCOB4c4cnc5[nH]ccc5c41)C2C3. The van der Waals surface area contributed by atoms with Crippen LogP contribution in [0.2, 0.25) is 0 Å². The Morgan fingerprint density at radius 3 is 3.22 bits per heavy atom.